The number of rotatable bonds is 7. The van der Waals surface area contributed by atoms with Crippen molar-refractivity contribution in [3.63, 3.8) is 0 Å². The van der Waals surface area contributed by atoms with Gasteiger partial charge in [0.25, 0.3) is 6.29 Å². The van der Waals surface area contributed by atoms with E-state index in [0.717, 1.165) is 11.1 Å². The highest BCUT2D eigenvalue weighted by atomic mass is 16.7. The summed E-state index contributed by atoms with van der Waals surface area (Å²) < 4.78 is 34.2. The Balaban J connectivity index is 1.82. The maximum Gasteiger partial charge on any atom is 0.323 e. The molecule has 0 bridgehead atoms. The molecule has 0 amide bonds. The Labute approximate surface area is 228 Å². The molecule has 39 heavy (non-hydrogen) atoms. The Morgan fingerprint density at radius 2 is 1.77 bits per heavy atom. The lowest BCUT2D eigenvalue weighted by Crippen LogP contribution is -2.65. The van der Waals surface area contributed by atoms with E-state index in [0.29, 0.717) is 12.2 Å². The Hall–Kier alpha value is -3.44. The standard InChI is InChI=1S/C28H37NO10/c1-8-21-17(3)26(34-18(4)30)28(6,39-19(5)31)27(35-21)36-22-11-9-20(13-16(22)2)10-12-25-37-23(32)14-29(7)15-24(33)38-25/h9-13,17,21,25-27H,8,14-15H2,1-7H3/b12-10+/t17-,21-,26+,27-,28+/m1/s1. The van der Waals surface area contributed by atoms with Gasteiger partial charge < -0.3 is 28.4 Å². The number of aryl methyl sites for hydroxylation is 1. The summed E-state index contributed by atoms with van der Waals surface area (Å²) in [4.78, 5) is 49.4. The summed E-state index contributed by atoms with van der Waals surface area (Å²) in [6.45, 7) is 9.85. The van der Waals surface area contributed by atoms with Crippen molar-refractivity contribution in [3.05, 3.63) is 35.4 Å². The summed E-state index contributed by atoms with van der Waals surface area (Å²) >= 11 is 0. The summed E-state index contributed by atoms with van der Waals surface area (Å²) in [6, 6.07) is 5.30. The van der Waals surface area contributed by atoms with Crippen LogP contribution in [-0.2, 0) is 42.9 Å². The van der Waals surface area contributed by atoms with Crippen molar-refractivity contribution in [1.29, 1.82) is 0 Å². The molecular weight excluding hydrogens is 510 g/mol. The van der Waals surface area contributed by atoms with Gasteiger partial charge in [0.2, 0.25) is 11.9 Å². The van der Waals surface area contributed by atoms with Crippen LogP contribution in [0.5, 0.6) is 5.75 Å². The number of hydrogen-bond acceptors (Lipinski definition) is 11. The lowest BCUT2D eigenvalue weighted by Gasteiger charge is -2.50. The van der Waals surface area contributed by atoms with E-state index in [4.69, 9.17) is 28.4 Å². The number of esters is 4. The van der Waals surface area contributed by atoms with Crippen LogP contribution < -0.4 is 4.74 Å². The molecule has 0 aromatic heterocycles. The summed E-state index contributed by atoms with van der Waals surface area (Å²) in [5, 5.41) is 0. The summed E-state index contributed by atoms with van der Waals surface area (Å²) in [5.41, 5.74) is 0.0550. The molecule has 2 aliphatic rings. The van der Waals surface area contributed by atoms with Gasteiger partial charge in [-0.2, -0.15) is 0 Å². The van der Waals surface area contributed by atoms with Crippen LogP contribution in [-0.4, -0.2) is 79.3 Å². The number of likely N-dealkylation sites (N-methyl/N-ethyl adjacent to an activating group) is 1. The van der Waals surface area contributed by atoms with Gasteiger partial charge in [-0.25, -0.2) is 0 Å². The highest BCUT2D eigenvalue weighted by Crippen LogP contribution is 2.41. The molecule has 2 fully saturated rings. The first kappa shape index (κ1) is 30.1. The Bertz CT molecular complexity index is 1100. The number of hydrogen-bond donors (Lipinski definition) is 0. The second-order valence-electron chi connectivity index (χ2n) is 10.1. The predicted molar refractivity (Wildman–Crippen MR) is 138 cm³/mol. The van der Waals surface area contributed by atoms with E-state index >= 15 is 0 Å². The third kappa shape index (κ3) is 7.57. The molecule has 1 aromatic carbocycles. The van der Waals surface area contributed by atoms with E-state index in [-0.39, 0.29) is 25.1 Å². The first-order valence-electron chi connectivity index (χ1n) is 12.9. The first-order valence-corrected chi connectivity index (χ1v) is 12.9. The molecule has 2 aliphatic heterocycles. The van der Waals surface area contributed by atoms with Gasteiger partial charge in [-0.15, -0.1) is 0 Å². The van der Waals surface area contributed by atoms with Crippen LogP contribution in [0.25, 0.3) is 6.08 Å². The van der Waals surface area contributed by atoms with Crippen molar-refractivity contribution in [2.24, 2.45) is 5.92 Å². The molecule has 5 atom stereocenters. The minimum Gasteiger partial charge on any atom is -0.460 e. The van der Waals surface area contributed by atoms with Gasteiger partial charge in [0.15, 0.2) is 6.10 Å². The van der Waals surface area contributed by atoms with Gasteiger partial charge in [-0.1, -0.05) is 26.0 Å². The van der Waals surface area contributed by atoms with E-state index in [9.17, 15) is 19.2 Å². The molecule has 11 nitrogen and oxygen atoms in total. The minimum absolute atomic E-state index is 0.0178. The largest absolute Gasteiger partial charge is 0.460 e. The zero-order valence-corrected chi connectivity index (χ0v) is 23.4. The fraction of sp³-hybridized carbons (Fsp3) is 0.571. The van der Waals surface area contributed by atoms with Crippen molar-refractivity contribution >= 4 is 30.0 Å². The van der Waals surface area contributed by atoms with Gasteiger partial charge in [0.1, 0.15) is 5.75 Å². The highest BCUT2D eigenvalue weighted by Gasteiger charge is 2.57. The molecule has 1 aromatic rings. The molecular formula is C28H37NO10. The fourth-order valence-corrected chi connectivity index (χ4v) is 4.85. The van der Waals surface area contributed by atoms with Gasteiger partial charge in [0.05, 0.1) is 19.2 Å². The van der Waals surface area contributed by atoms with Crippen LogP contribution in [0, 0.1) is 12.8 Å². The van der Waals surface area contributed by atoms with Crippen LogP contribution in [0.2, 0.25) is 0 Å². The van der Waals surface area contributed by atoms with Crippen LogP contribution in [0.1, 0.15) is 52.2 Å². The van der Waals surface area contributed by atoms with Crippen molar-refractivity contribution in [2.45, 2.75) is 78.4 Å². The van der Waals surface area contributed by atoms with Gasteiger partial charge in [-0.05, 0) is 56.7 Å². The summed E-state index contributed by atoms with van der Waals surface area (Å²) in [5.74, 6) is -1.86. The molecule has 2 saturated heterocycles. The quantitative estimate of drug-likeness (QED) is 0.369. The van der Waals surface area contributed by atoms with Crippen molar-refractivity contribution in [1.82, 2.24) is 4.90 Å². The number of cyclic esters (lactones) is 2. The number of nitrogens with zero attached hydrogens (tertiary/aromatic N) is 1. The van der Waals surface area contributed by atoms with Crippen LogP contribution >= 0.6 is 0 Å². The first-order chi connectivity index (χ1) is 18.3. The second kappa shape index (κ2) is 12.6. The minimum atomic E-state index is -1.41. The van der Waals surface area contributed by atoms with E-state index in [1.807, 2.05) is 26.8 Å². The molecule has 0 unspecified atom stereocenters. The molecule has 11 heteroatoms. The number of benzene rings is 1. The van der Waals surface area contributed by atoms with Crippen LogP contribution in [0.4, 0.5) is 0 Å². The monoisotopic (exact) mass is 547 g/mol. The molecule has 2 heterocycles. The Kier molecular flexibility index (Phi) is 9.73. The van der Waals surface area contributed by atoms with Crippen LogP contribution in [0.3, 0.4) is 0 Å². The predicted octanol–water partition coefficient (Wildman–Crippen LogP) is 2.77. The third-order valence-electron chi connectivity index (χ3n) is 6.63. The zero-order chi connectivity index (χ0) is 28.9. The summed E-state index contributed by atoms with van der Waals surface area (Å²) in [7, 11) is 1.62. The lowest BCUT2D eigenvalue weighted by molar-refractivity contribution is -0.304. The van der Waals surface area contributed by atoms with Gasteiger partial charge in [-0.3, -0.25) is 24.1 Å². The average Bonchev–Trinajstić information content (AvgIpc) is 2.81. The summed E-state index contributed by atoms with van der Waals surface area (Å²) in [6.07, 6.45) is 0.483. The number of ether oxygens (including phenoxy) is 6. The van der Waals surface area contributed by atoms with E-state index < -0.39 is 48.2 Å². The highest BCUT2D eigenvalue weighted by molar-refractivity contribution is 5.77. The Morgan fingerprint density at radius 3 is 2.31 bits per heavy atom. The second-order valence-corrected chi connectivity index (χ2v) is 10.1. The third-order valence-corrected chi connectivity index (χ3v) is 6.63. The van der Waals surface area contributed by atoms with Gasteiger partial charge >= 0.3 is 23.9 Å². The molecule has 0 radical (unpaired) electrons. The SMILES string of the molecule is CC[C@H]1O[C@H](Oc2ccc(/C=C/C3OC(=O)CN(C)CC(=O)O3)cc2C)[C@@](C)(OC(C)=O)[C@@H](OC(C)=O)[C@@H]1C. The molecule has 0 spiro atoms. The lowest BCUT2D eigenvalue weighted by atomic mass is 9.81. The zero-order valence-electron chi connectivity index (χ0n) is 23.4. The van der Waals surface area contributed by atoms with E-state index in [1.54, 1.807) is 32.2 Å². The normalized spacial score (nSPS) is 28.7. The smallest absolute Gasteiger partial charge is 0.323 e. The average molecular weight is 548 g/mol. The van der Waals surface area contributed by atoms with Crippen molar-refractivity contribution in [2.75, 3.05) is 20.1 Å². The van der Waals surface area contributed by atoms with E-state index in [2.05, 4.69) is 0 Å². The Morgan fingerprint density at radius 1 is 1.13 bits per heavy atom. The van der Waals surface area contributed by atoms with Crippen LogP contribution in [0.15, 0.2) is 24.3 Å². The number of carbonyl (C=O) groups excluding carboxylic acids is 4. The van der Waals surface area contributed by atoms with Gasteiger partial charge in [0, 0.05) is 19.8 Å². The van der Waals surface area contributed by atoms with Crippen molar-refractivity contribution in [3.8, 4) is 5.75 Å². The topological polar surface area (TPSA) is 127 Å². The van der Waals surface area contributed by atoms with E-state index in [1.165, 1.54) is 24.8 Å². The fourth-order valence-electron chi connectivity index (χ4n) is 4.85. The maximum absolute atomic E-state index is 12.1. The molecule has 3 rings (SSSR count). The molecule has 0 saturated carbocycles. The number of carbonyl (C=O) groups is 4. The van der Waals surface area contributed by atoms with Crippen molar-refractivity contribution < 1.29 is 47.6 Å². The molecule has 0 aliphatic carbocycles. The molecule has 214 valence electrons. The maximum atomic E-state index is 12.1. The molecule has 0 N–H and O–H groups in total.